The molecule has 3 aromatic heterocycles. The van der Waals surface area contributed by atoms with Gasteiger partial charge in [0.2, 0.25) is 5.91 Å². The van der Waals surface area contributed by atoms with E-state index in [-0.39, 0.29) is 25.3 Å². The molecule has 0 spiro atoms. The highest BCUT2D eigenvalue weighted by molar-refractivity contribution is 5.79. The number of carbonyl (C=O) groups is 1. The third-order valence-corrected chi connectivity index (χ3v) is 6.05. The number of aromatic amines is 1. The van der Waals surface area contributed by atoms with Gasteiger partial charge in [-0.3, -0.25) is 14.8 Å². The van der Waals surface area contributed by atoms with Crippen LogP contribution in [0, 0.1) is 12.7 Å². The molecule has 0 radical (unpaired) electrons. The first-order chi connectivity index (χ1) is 17.4. The summed E-state index contributed by atoms with van der Waals surface area (Å²) in [4.78, 5) is 18.8. The van der Waals surface area contributed by atoms with Gasteiger partial charge in [-0.2, -0.15) is 5.10 Å². The number of nitrogens with one attached hydrogen (secondary N) is 3. The number of aromatic nitrogens is 5. The SMILES string of the molecule is Cc1cc(Nc2nc(C(NC(=O)CN3CCCC(F)C3F)c3ccc(F)cc3)nn3cccc23)n[nH]1. The van der Waals surface area contributed by atoms with Crippen molar-refractivity contribution in [3.63, 3.8) is 0 Å². The third kappa shape index (κ3) is 5.03. The van der Waals surface area contributed by atoms with Crippen LogP contribution in [-0.2, 0) is 4.79 Å². The average molecular weight is 499 g/mol. The number of benzene rings is 1. The molecule has 1 fully saturated rings. The third-order valence-electron chi connectivity index (χ3n) is 6.05. The number of likely N-dealkylation sites (tertiary alicyclic amines) is 1. The predicted molar refractivity (Wildman–Crippen MR) is 127 cm³/mol. The largest absolute Gasteiger partial charge is 0.341 e. The second kappa shape index (κ2) is 9.97. The molecule has 36 heavy (non-hydrogen) atoms. The van der Waals surface area contributed by atoms with E-state index in [0.29, 0.717) is 29.1 Å². The topological polar surface area (TPSA) is 103 Å². The summed E-state index contributed by atoms with van der Waals surface area (Å²) in [6, 6.07) is 10.1. The number of amides is 1. The minimum atomic E-state index is -1.84. The number of H-pyrrole nitrogens is 1. The highest BCUT2D eigenvalue weighted by Gasteiger charge is 2.33. The molecule has 0 saturated carbocycles. The van der Waals surface area contributed by atoms with Crippen molar-refractivity contribution in [3.05, 3.63) is 71.6 Å². The monoisotopic (exact) mass is 498 g/mol. The first-order valence-corrected chi connectivity index (χ1v) is 11.6. The summed E-state index contributed by atoms with van der Waals surface area (Å²) < 4.78 is 43.4. The maximum absolute atomic E-state index is 14.3. The van der Waals surface area contributed by atoms with Crippen LogP contribution in [0.5, 0.6) is 0 Å². The molecule has 1 amide bonds. The minimum Gasteiger partial charge on any atom is -0.341 e. The summed E-state index contributed by atoms with van der Waals surface area (Å²) in [6.07, 6.45) is -1.14. The van der Waals surface area contributed by atoms with Crippen molar-refractivity contribution >= 4 is 23.1 Å². The molecule has 0 aliphatic carbocycles. The molecule has 1 aromatic carbocycles. The van der Waals surface area contributed by atoms with Crippen molar-refractivity contribution in [1.29, 1.82) is 0 Å². The molecule has 4 heterocycles. The zero-order chi connectivity index (χ0) is 25.2. The predicted octanol–water partition coefficient (Wildman–Crippen LogP) is 3.58. The molecular weight excluding hydrogens is 473 g/mol. The minimum absolute atomic E-state index is 0.132. The van der Waals surface area contributed by atoms with Crippen LogP contribution in [0.1, 0.15) is 36.0 Å². The Morgan fingerprint density at radius 2 is 2.06 bits per heavy atom. The van der Waals surface area contributed by atoms with E-state index in [1.165, 1.54) is 29.2 Å². The Labute approximate surface area is 204 Å². The lowest BCUT2D eigenvalue weighted by Crippen LogP contribution is -2.48. The Morgan fingerprint density at radius 1 is 1.25 bits per heavy atom. The van der Waals surface area contributed by atoms with Gasteiger partial charge in [0.05, 0.1) is 6.54 Å². The highest BCUT2D eigenvalue weighted by Crippen LogP contribution is 2.26. The number of aryl methyl sites for hydroxylation is 1. The van der Waals surface area contributed by atoms with E-state index in [0.717, 1.165) is 5.69 Å². The van der Waals surface area contributed by atoms with E-state index in [1.54, 1.807) is 16.8 Å². The van der Waals surface area contributed by atoms with Crippen molar-refractivity contribution in [2.24, 2.45) is 0 Å². The number of anilines is 2. The molecular formula is C24H25F3N8O. The van der Waals surface area contributed by atoms with Gasteiger partial charge < -0.3 is 10.6 Å². The van der Waals surface area contributed by atoms with Crippen molar-refractivity contribution in [2.75, 3.05) is 18.4 Å². The molecule has 9 nitrogen and oxygen atoms in total. The van der Waals surface area contributed by atoms with Gasteiger partial charge in [0.25, 0.3) is 0 Å². The number of hydrogen-bond acceptors (Lipinski definition) is 6. The first kappa shape index (κ1) is 23.8. The van der Waals surface area contributed by atoms with E-state index in [2.05, 4.69) is 30.9 Å². The average Bonchev–Trinajstić information content (AvgIpc) is 3.50. The van der Waals surface area contributed by atoms with E-state index in [4.69, 9.17) is 0 Å². The molecule has 1 aliphatic heterocycles. The van der Waals surface area contributed by atoms with Crippen molar-refractivity contribution in [2.45, 2.75) is 38.3 Å². The van der Waals surface area contributed by atoms with Gasteiger partial charge in [0.1, 0.15) is 23.5 Å². The zero-order valence-electron chi connectivity index (χ0n) is 19.5. The normalized spacial score (nSPS) is 19.3. The van der Waals surface area contributed by atoms with Crippen molar-refractivity contribution in [3.8, 4) is 0 Å². The van der Waals surface area contributed by atoms with Crippen LogP contribution in [0.15, 0.2) is 48.7 Å². The molecule has 3 N–H and O–H groups in total. The molecule has 4 aromatic rings. The number of carbonyl (C=O) groups excluding carboxylic acids is 1. The lowest BCUT2D eigenvalue weighted by Gasteiger charge is -2.32. The van der Waals surface area contributed by atoms with Crippen LogP contribution < -0.4 is 10.6 Å². The van der Waals surface area contributed by atoms with Gasteiger partial charge in [-0.25, -0.2) is 22.7 Å². The van der Waals surface area contributed by atoms with Gasteiger partial charge in [0.15, 0.2) is 23.8 Å². The maximum atomic E-state index is 14.3. The first-order valence-electron chi connectivity index (χ1n) is 11.6. The molecule has 12 heteroatoms. The van der Waals surface area contributed by atoms with Crippen LogP contribution in [0.25, 0.3) is 5.52 Å². The summed E-state index contributed by atoms with van der Waals surface area (Å²) in [5, 5.41) is 17.6. The maximum Gasteiger partial charge on any atom is 0.235 e. The standard InChI is InChI=1S/C24H25F3N8O/c1-14-12-19(32-31-14)28-23-18-5-3-11-35(18)33-24(30-23)21(15-6-8-16(25)9-7-15)29-20(36)13-34-10-2-4-17(26)22(34)27/h3,5-9,11-12,17,21-22H,2,4,10,13H2,1H3,(H,29,36)(H2,28,30,31,32,33). The summed E-state index contributed by atoms with van der Waals surface area (Å²) in [5.74, 6) is 0.229. The van der Waals surface area contributed by atoms with Crippen LogP contribution >= 0.6 is 0 Å². The van der Waals surface area contributed by atoms with Crippen molar-refractivity contribution in [1.82, 2.24) is 35.0 Å². The summed E-state index contributed by atoms with van der Waals surface area (Å²) in [5.41, 5.74) is 2.05. The van der Waals surface area contributed by atoms with Gasteiger partial charge in [-0.15, -0.1) is 5.10 Å². The fourth-order valence-corrected chi connectivity index (χ4v) is 4.26. The van der Waals surface area contributed by atoms with Gasteiger partial charge >= 0.3 is 0 Å². The Morgan fingerprint density at radius 3 is 2.81 bits per heavy atom. The molecule has 1 aliphatic rings. The van der Waals surface area contributed by atoms with E-state index < -0.39 is 30.2 Å². The molecule has 0 bridgehead atoms. The Balaban J connectivity index is 1.48. The van der Waals surface area contributed by atoms with Crippen molar-refractivity contribution < 1.29 is 18.0 Å². The van der Waals surface area contributed by atoms with Gasteiger partial charge in [-0.1, -0.05) is 12.1 Å². The number of fused-ring (bicyclic) bond motifs is 1. The Bertz CT molecular complexity index is 1360. The molecule has 3 unspecified atom stereocenters. The summed E-state index contributed by atoms with van der Waals surface area (Å²) in [6.45, 7) is 1.81. The number of rotatable bonds is 7. The number of piperidine rings is 1. The smallest absolute Gasteiger partial charge is 0.235 e. The zero-order valence-corrected chi connectivity index (χ0v) is 19.5. The van der Waals surface area contributed by atoms with E-state index in [9.17, 15) is 18.0 Å². The fourth-order valence-electron chi connectivity index (χ4n) is 4.26. The number of nitrogens with zero attached hydrogens (tertiary/aromatic N) is 5. The highest BCUT2D eigenvalue weighted by atomic mass is 19.2. The molecule has 1 saturated heterocycles. The van der Waals surface area contributed by atoms with E-state index in [1.807, 2.05) is 19.1 Å². The van der Waals surface area contributed by atoms with Crippen LogP contribution in [0.4, 0.5) is 24.8 Å². The lowest BCUT2D eigenvalue weighted by atomic mass is 10.1. The number of alkyl halides is 2. The quantitative estimate of drug-likeness (QED) is 0.337. The second-order valence-electron chi connectivity index (χ2n) is 8.77. The van der Waals surface area contributed by atoms with Gasteiger partial charge in [-0.05, 0) is 49.6 Å². The lowest BCUT2D eigenvalue weighted by molar-refractivity contribution is -0.126. The van der Waals surface area contributed by atoms with Crippen LogP contribution in [-0.4, -0.2) is 61.2 Å². The Kier molecular flexibility index (Phi) is 6.59. The Hall–Kier alpha value is -3.93. The van der Waals surface area contributed by atoms with E-state index >= 15 is 0 Å². The van der Waals surface area contributed by atoms with Crippen LogP contribution in [0.3, 0.4) is 0 Å². The molecule has 5 rings (SSSR count). The molecule has 188 valence electrons. The number of halogens is 3. The fraction of sp³-hybridized carbons (Fsp3) is 0.333. The number of hydrogen-bond donors (Lipinski definition) is 3. The summed E-state index contributed by atoms with van der Waals surface area (Å²) >= 11 is 0. The second-order valence-corrected chi connectivity index (χ2v) is 8.77. The van der Waals surface area contributed by atoms with Gasteiger partial charge in [0, 0.05) is 24.5 Å². The molecule has 3 atom stereocenters. The summed E-state index contributed by atoms with van der Waals surface area (Å²) in [7, 11) is 0. The van der Waals surface area contributed by atoms with Crippen LogP contribution in [0.2, 0.25) is 0 Å².